The Morgan fingerprint density at radius 1 is 1.00 bits per heavy atom. The van der Waals surface area contributed by atoms with Crippen LogP contribution in [0.1, 0.15) is 5.56 Å². The maximum absolute atomic E-state index is 5.85. The highest BCUT2D eigenvalue weighted by molar-refractivity contribution is 5.74. The van der Waals surface area contributed by atoms with Gasteiger partial charge in [0.2, 0.25) is 0 Å². The first kappa shape index (κ1) is 13.1. The first-order valence-electron chi connectivity index (χ1n) is 7.58. The Kier molecular flexibility index (Phi) is 3.18. The lowest BCUT2D eigenvalue weighted by molar-refractivity contribution is 0.540. The van der Waals surface area contributed by atoms with Crippen LogP contribution in [0.5, 0.6) is 0 Å². The first-order chi connectivity index (χ1) is 10.8. The third-order valence-corrected chi connectivity index (χ3v) is 4.06. The summed E-state index contributed by atoms with van der Waals surface area (Å²) < 4.78 is 5.85. The number of anilines is 2. The molecule has 1 fully saturated rings. The van der Waals surface area contributed by atoms with E-state index in [1.54, 1.807) is 0 Å². The summed E-state index contributed by atoms with van der Waals surface area (Å²) in [6.45, 7) is 5.73. The molecule has 0 bridgehead atoms. The fraction of sp³-hybridized carbons (Fsp3) is 0.294. The first-order valence-corrected chi connectivity index (χ1v) is 7.58. The van der Waals surface area contributed by atoms with Crippen molar-refractivity contribution in [2.24, 2.45) is 0 Å². The number of hydrogen-bond donors (Lipinski definition) is 0. The minimum Gasteiger partial charge on any atom is -0.423 e. The second-order valence-corrected chi connectivity index (χ2v) is 5.63. The number of piperazine rings is 1. The van der Waals surface area contributed by atoms with Crippen LogP contribution < -0.4 is 9.80 Å². The van der Waals surface area contributed by atoms with E-state index in [0.717, 1.165) is 49.1 Å². The summed E-state index contributed by atoms with van der Waals surface area (Å²) in [5.41, 5.74) is 3.01. The number of nitrogens with zero attached hydrogens (tertiary/aromatic N) is 4. The van der Waals surface area contributed by atoms with Crippen LogP contribution in [-0.2, 0) is 0 Å². The molecule has 0 spiro atoms. The minimum atomic E-state index is 0.720. The third kappa shape index (κ3) is 2.39. The second-order valence-electron chi connectivity index (χ2n) is 5.63. The SMILES string of the molecule is Cc1ccnc(N2CCN(c3nc4ccccc4o3)CC2)c1. The molecular formula is C17H18N4O. The maximum atomic E-state index is 5.85. The number of rotatable bonds is 2. The van der Waals surface area contributed by atoms with Gasteiger partial charge in [-0.3, -0.25) is 0 Å². The predicted molar refractivity (Wildman–Crippen MR) is 87.4 cm³/mol. The summed E-state index contributed by atoms with van der Waals surface area (Å²) in [6.07, 6.45) is 1.87. The van der Waals surface area contributed by atoms with Crippen LogP contribution in [0.15, 0.2) is 47.0 Å². The van der Waals surface area contributed by atoms with Crippen molar-refractivity contribution in [2.75, 3.05) is 36.0 Å². The van der Waals surface area contributed by atoms with E-state index in [2.05, 4.69) is 32.8 Å². The van der Waals surface area contributed by atoms with Gasteiger partial charge in [0, 0.05) is 32.4 Å². The quantitative estimate of drug-likeness (QED) is 0.727. The van der Waals surface area contributed by atoms with Gasteiger partial charge in [-0.25, -0.2) is 4.98 Å². The molecule has 2 aromatic heterocycles. The summed E-state index contributed by atoms with van der Waals surface area (Å²) in [4.78, 5) is 13.5. The maximum Gasteiger partial charge on any atom is 0.298 e. The highest BCUT2D eigenvalue weighted by Crippen LogP contribution is 2.23. The minimum absolute atomic E-state index is 0.720. The molecule has 1 aliphatic heterocycles. The molecule has 5 nitrogen and oxygen atoms in total. The summed E-state index contributed by atoms with van der Waals surface area (Å²) in [5.74, 6) is 1.05. The lowest BCUT2D eigenvalue weighted by atomic mass is 10.2. The van der Waals surface area contributed by atoms with Crippen molar-refractivity contribution in [1.29, 1.82) is 0 Å². The predicted octanol–water partition coefficient (Wildman–Crippen LogP) is 2.86. The number of fused-ring (bicyclic) bond motifs is 1. The van der Waals surface area contributed by atoms with Gasteiger partial charge >= 0.3 is 0 Å². The highest BCUT2D eigenvalue weighted by Gasteiger charge is 2.21. The molecule has 0 atom stereocenters. The summed E-state index contributed by atoms with van der Waals surface area (Å²) in [5, 5.41) is 0. The number of benzene rings is 1. The molecule has 0 amide bonds. The average Bonchev–Trinajstić information content (AvgIpc) is 2.99. The average molecular weight is 294 g/mol. The zero-order chi connectivity index (χ0) is 14.9. The van der Waals surface area contributed by atoms with Gasteiger partial charge < -0.3 is 14.2 Å². The Morgan fingerprint density at radius 3 is 2.55 bits per heavy atom. The molecular weight excluding hydrogens is 276 g/mol. The fourth-order valence-corrected chi connectivity index (χ4v) is 2.82. The van der Waals surface area contributed by atoms with Crippen LogP contribution in [-0.4, -0.2) is 36.1 Å². The van der Waals surface area contributed by atoms with E-state index in [1.807, 2.05) is 36.5 Å². The number of oxazole rings is 1. The van der Waals surface area contributed by atoms with Crippen molar-refractivity contribution in [1.82, 2.24) is 9.97 Å². The van der Waals surface area contributed by atoms with E-state index in [1.165, 1.54) is 5.56 Å². The van der Waals surface area contributed by atoms with Gasteiger partial charge in [-0.05, 0) is 36.8 Å². The molecule has 1 aromatic carbocycles. The van der Waals surface area contributed by atoms with Crippen molar-refractivity contribution in [3.8, 4) is 0 Å². The lowest BCUT2D eigenvalue weighted by Gasteiger charge is -2.34. The number of aromatic nitrogens is 2. The molecule has 112 valence electrons. The zero-order valence-corrected chi connectivity index (χ0v) is 12.6. The van der Waals surface area contributed by atoms with Gasteiger partial charge in [-0.2, -0.15) is 4.98 Å². The molecule has 1 aliphatic rings. The van der Waals surface area contributed by atoms with Crippen molar-refractivity contribution in [3.05, 3.63) is 48.2 Å². The Bertz CT molecular complexity index is 757. The molecule has 4 rings (SSSR count). The number of hydrogen-bond acceptors (Lipinski definition) is 5. The van der Waals surface area contributed by atoms with Crippen molar-refractivity contribution >= 4 is 22.9 Å². The molecule has 3 heterocycles. The van der Waals surface area contributed by atoms with Crippen LogP contribution in [0.25, 0.3) is 11.1 Å². The van der Waals surface area contributed by atoms with Crippen LogP contribution in [0.2, 0.25) is 0 Å². The molecule has 1 saturated heterocycles. The zero-order valence-electron chi connectivity index (χ0n) is 12.6. The Balaban J connectivity index is 1.49. The molecule has 0 aliphatic carbocycles. The third-order valence-electron chi connectivity index (χ3n) is 4.06. The van der Waals surface area contributed by atoms with Gasteiger partial charge in [0.05, 0.1) is 0 Å². The number of aryl methyl sites for hydroxylation is 1. The van der Waals surface area contributed by atoms with E-state index in [0.29, 0.717) is 0 Å². The van der Waals surface area contributed by atoms with Crippen molar-refractivity contribution in [3.63, 3.8) is 0 Å². The van der Waals surface area contributed by atoms with Gasteiger partial charge in [0.1, 0.15) is 11.3 Å². The number of pyridine rings is 1. The normalized spacial score (nSPS) is 15.5. The largest absolute Gasteiger partial charge is 0.423 e. The molecule has 0 N–H and O–H groups in total. The highest BCUT2D eigenvalue weighted by atomic mass is 16.4. The smallest absolute Gasteiger partial charge is 0.298 e. The molecule has 0 unspecified atom stereocenters. The van der Waals surface area contributed by atoms with E-state index in [9.17, 15) is 0 Å². The van der Waals surface area contributed by atoms with E-state index < -0.39 is 0 Å². The van der Waals surface area contributed by atoms with Crippen LogP contribution in [0.3, 0.4) is 0 Å². The molecule has 5 heteroatoms. The molecule has 0 saturated carbocycles. The molecule has 22 heavy (non-hydrogen) atoms. The summed E-state index contributed by atoms with van der Waals surface area (Å²) >= 11 is 0. The standard InChI is InChI=1S/C17H18N4O/c1-13-6-7-18-16(12-13)20-8-10-21(11-9-20)17-19-14-4-2-3-5-15(14)22-17/h2-7,12H,8-11H2,1H3. The van der Waals surface area contributed by atoms with Gasteiger partial charge in [-0.15, -0.1) is 0 Å². The van der Waals surface area contributed by atoms with Gasteiger partial charge in [0.15, 0.2) is 5.58 Å². The van der Waals surface area contributed by atoms with Crippen LogP contribution >= 0.6 is 0 Å². The van der Waals surface area contributed by atoms with E-state index in [-0.39, 0.29) is 0 Å². The monoisotopic (exact) mass is 294 g/mol. The van der Waals surface area contributed by atoms with Crippen LogP contribution in [0, 0.1) is 6.92 Å². The summed E-state index contributed by atoms with van der Waals surface area (Å²) in [7, 11) is 0. The molecule has 0 radical (unpaired) electrons. The summed E-state index contributed by atoms with van der Waals surface area (Å²) in [6, 6.07) is 12.8. The fourth-order valence-electron chi connectivity index (χ4n) is 2.82. The van der Waals surface area contributed by atoms with Crippen molar-refractivity contribution in [2.45, 2.75) is 6.92 Å². The van der Waals surface area contributed by atoms with E-state index in [4.69, 9.17) is 4.42 Å². The van der Waals surface area contributed by atoms with Crippen LogP contribution in [0.4, 0.5) is 11.8 Å². The van der Waals surface area contributed by atoms with Gasteiger partial charge in [-0.1, -0.05) is 12.1 Å². The van der Waals surface area contributed by atoms with Crippen molar-refractivity contribution < 1.29 is 4.42 Å². The van der Waals surface area contributed by atoms with E-state index >= 15 is 0 Å². The topological polar surface area (TPSA) is 45.4 Å². The Hall–Kier alpha value is -2.56. The lowest BCUT2D eigenvalue weighted by Crippen LogP contribution is -2.47. The Morgan fingerprint density at radius 2 is 1.77 bits per heavy atom. The Labute approximate surface area is 129 Å². The molecule has 3 aromatic rings. The van der Waals surface area contributed by atoms with Gasteiger partial charge in [0.25, 0.3) is 6.01 Å². The number of para-hydroxylation sites is 2. The second kappa shape index (κ2) is 5.33.